The van der Waals surface area contributed by atoms with Crippen LogP contribution in [0.1, 0.15) is 22.3 Å². The van der Waals surface area contributed by atoms with Crippen LogP contribution in [-0.2, 0) is 6.42 Å². The molecule has 0 amide bonds. The summed E-state index contributed by atoms with van der Waals surface area (Å²) in [6.07, 6.45) is 2.83. The molecule has 0 saturated carbocycles. The van der Waals surface area contributed by atoms with E-state index in [0.717, 1.165) is 11.4 Å². The molecule has 0 atom stereocenters. The molecule has 0 spiro atoms. The van der Waals surface area contributed by atoms with Crippen LogP contribution in [-0.4, -0.2) is 11.5 Å². The van der Waals surface area contributed by atoms with E-state index in [1.807, 2.05) is 6.20 Å². The molecule has 100 valence electrons. The third kappa shape index (κ3) is 3.58. The quantitative estimate of drug-likeness (QED) is 0.923. The van der Waals surface area contributed by atoms with E-state index in [1.165, 1.54) is 27.1 Å². The van der Waals surface area contributed by atoms with Gasteiger partial charge in [-0.25, -0.2) is 4.98 Å². The number of hydrogen-bond donors (Lipinski definition) is 1. The minimum Gasteiger partial charge on any atom is -0.330 e. The molecule has 2 rings (SSSR count). The second-order valence-electron chi connectivity index (χ2n) is 4.85. The fraction of sp³-hybridized carbons (Fsp3) is 0.312. The van der Waals surface area contributed by atoms with E-state index < -0.39 is 0 Å². The van der Waals surface area contributed by atoms with Crippen molar-refractivity contribution in [2.24, 2.45) is 5.73 Å². The Labute approximate surface area is 119 Å². The van der Waals surface area contributed by atoms with Crippen LogP contribution in [0.15, 0.2) is 40.4 Å². The van der Waals surface area contributed by atoms with Crippen LogP contribution < -0.4 is 5.73 Å². The first kappa shape index (κ1) is 14.1. The lowest BCUT2D eigenvalue weighted by Gasteiger charge is -2.08. The van der Waals surface area contributed by atoms with Crippen molar-refractivity contribution in [1.82, 2.24) is 4.98 Å². The summed E-state index contributed by atoms with van der Waals surface area (Å²) >= 11 is 1.72. The van der Waals surface area contributed by atoms with Gasteiger partial charge in [0, 0.05) is 11.1 Å². The summed E-state index contributed by atoms with van der Waals surface area (Å²) in [5.41, 5.74) is 10.6. The molecule has 1 aromatic carbocycles. The molecule has 3 heteroatoms. The largest absolute Gasteiger partial charge is 0.330 e. The lowest BCUT2D eigenvalue weighted by molar-refractivity contribution is 0.935. The number of nitrogens with two attached hydrogens (primary N) is 1. The number of nitrogens with zero attached hydrogens (tertiary/aromatic N) is 1. The second kappa shape index (κ2) is 6.22. The molecule has 1 heterocycles. The van der Waals surface area contributed by atoms with Crippen LogP contribution in [0.3, 0.4) is 0 Å². The molecule has 0 aliphatic rings. The van der Waals surface area contributed by atoms with Gasteiger partial charge in [-0.1, -0.05) is 23.9 Å². The highest BCUT2D eigenvalue weighted by atomic mass is 32.2. The molecule has 0 radical (unpaired) electrons. The predicted octanol–water partition coefficient (Wildman–Crippen LogP) is 3.66. The highest BCUT2D eigenvalue weighted by Crippen LogP contribution is 2.30. The molecule has 2 nitrogen and oxygen atoms in total. The number of rotatable bonds is 4. The second-order valence-corrected chi connectivity index (χ2v) is 5.91. The van der Waals surface area contributed by atoms with E-state index in [1.54, 1.807) is 11.8 Å². The lowest BCUT2D eigenvalue weighted by atomic mass is 10.1. The van der Waals surface area contributed by atoms with Gasteiger partial charge in [0.05, 0.1) is 0 Å². The van der Waals surface area contributed by atoms with Crippen LogP contribution >= 0.6 is 11.8 Å². The van der Waals surface area contributed by atoms with Crippen molar-refractivity contribution in [3.8, 4) is 0 Å². The summed E-state index contributed by atoms with van der Waals surface area (Å²) in [6.45, 7) is 7.06. The van der Waals surface area contributed by atoms with Gasteiger partial charge in [-0.05, 0) is 68.1 Å². The average molecular weight is 272 g/mol. The Hall–Kier alpha value is -1.32. The predicted molar refractivity (Wildman–Crippen MR) is 81.8 cm³/mol. The fourth-order valence-electron chi connectivity index (χ4n) is 1.92. The van der Waals surface area contributed by atoms with Gasteiger partial charge in [0.25, 0.3) is 0 Å². The van der Waals surface area contributed by atoms with E-state index in [4.69, 9.17) is 5.73 Å². The van der Waals surface area contributed by atoms with Crippen LogP contribution in [0, 0.1) is 20.8 Å². The van der Waals surface area contributed by atoms with E-state index in [-0.39, 0.29) is 0 Å². The zero-order chi connectivity index (χ0) is 13.8. The summed E-state index contributed by atoms with van der Waals surface area (Å²) in [5, 5.41) is 1.07. The highest BCUT2D eigenvalue weighted by molar-refractivity contribution is 7.99. The molecule has 19 heavy (non-hydrogen) atoms. The van der Waals surface area contributed by atoms with Crippen LogP contribution in [0.5, 0.6) is 0 Å². The third-order valence-corrected chi connectivity index (χ3v) is 4.32. The molecule has 0 aliphatic carbocycles. The molecular formula is C16H20N2S. The van der Waals surface area contributed by atoms with Gasteiger partial charge in [0.1, 0.15) is 5.03 Å². The summed E-state index contributed by atoms with van der Waals surface area (Å²) in [5.74, 6) is 0. The first-order valence-electron chi connectivity index (χ1n) is 6.51. The number of pyridine rings is 1. The number of aromatic nitrogens is 1. The number of aryl methyl sites for hydroxylation is 3. The van der Waals surface area contributed by atoms with Gasteiger partial charge in [-0.15, -0.1) is 0 Å². The van der Waals surface area contributed by atoms with Crippen LogP contribution in [0.2, 0.25) is 0 Å². The van der Waals surface area contributed by atoms with E-state index in [2.05, 4.69) is 50.0 Å². The average Bonchev–Trinajstić information content (AvgIpc) is 2.37. The number of benzene rings is 1. The number of hydrogen-bond acceptors (Lipinski definition) is 3. The molecule has 0 fully saturated rings. The Bertz CT molecular complexity index is 579. The van der Waals surface area contributed by atoms with Crippen molar-refractivity contribution in [2.45, 2.75) is 37.1 Å². The molecule has 0 bridgehead atoms. The van der Waals surface area contributed by atoms with Gasteiger partial charge in [0.15, 0.2) is 0 Å². The van der Waals surface area contributed by atoms with Crippen molar-refractivity contribution in [3.63, 3.8) is 0 Å². The highest BCUT2D eigenvalue weighted by Gasteiger charge is 2.05. The van der Waals surface area contributed by atoms with Crippen LogP contribution in [0.25, 0.3) is 0 Å². The summed E-state index contributed by atoms with van der Waals surface area (Å²) in [4.78, 5) is 5.79. The van der Waals surface area contributed by atoms with Gasteiger partial charge in [-0.2, -0.15) is 0 Å². The van der Waals surface area contributed by atoms with Gasteiger partial charge in [0.2, 0.25) is 0 Å². The maximum atomic E-state index is 5.57. The summed E-state index contributed by atoms with van der Waals surface area (Å²) in [6, 6.07) is 8.72. The summed E-state index contributed by atoms with van der Waals surface area (Å²) in [7, 11) is 0. The molecule has 2 N–H and O–H groups in total. The van der Waals surface area contributed by atoms with Gasteiger partial charge in [-0.3, -0.25) is 0 Å². The van der Waals surface area contributed by atoms with E-state index in [9.17, 15) is 0 Å². The van der Waals surface area contributed by atoms with Crippen molar-refractivity contribution in [3.05, 3.63) is 52.7 Å². The summed E-state index contributed by atoms with van der Waals surface area (Å²) < 4.78 is 0. The molecule has 0 unspecified atom stereocenters. The maximum absolute atomic E-state index is 5.57. The standard InChI is InChI=1S/C16H20N2S/c1-11-4-5-15(9-12(11)2)19-16-13(3)8-14(6-7-17)10-18-16/h4-5,8-10H,6-7,17H2,1-3H3. The van der Waals surface area contributed by atoms with E-state index >= 15 is 0 Å². The first-order valence-corrected chi connectivity index (χ1v) is 7.32. The Kier molecular flexibility index (Phi) is 4.61. The topological polar surface area (TPSA) is 38.9 Å². The minimum absolute atomic E-state index is 0.671. The molecule has 0 saturated heterocycles. The monoisotopic (exact) mass is 272 g/mol. The van der Waals surface area contributed by atoms with Crippen LogP contribution in [0.4, 0.5) is 0 Å². The van der Waals surface area contributed by atoms with Crippen molar-refractivity contribution in [1.29, 1.82) is 0 Å². The molecule has 1 aromatic heterocycles. The zero-order valence-electron chi connectivity index (χ0n) is 11.7. The third-order valence-electron chi connectivity index (χ3n) is 3.21. The van der Waals surface area contributed by atoms with Gasteiger partial charge >= 0.3 is 0 Å². The Morgan fingerprint density at radius 3 is 2.47 bits per heavy atom. The fourth-order valence-corrected chi connectivity index (χ4v) is 2.84. The molecular weight excluding hydrogens is 252 g/mol. The van der Waals surface area contributed by atoms with Crippen molar-refractivity contribution in [2.75, 3.05) is 6.54 Å². The van der Waals surface area contributed by atoms with Crippen molar-refractivity contribution >= 4 is 11.8 Å². The maximum Gasteiger partial charge on any atom is 0.104 e. The SMILES string of the molecule is Cc1ccc(Sc2ncc(CCN)cc2C)cc1C. The Morgan fingerprint density at radius 2 is 1.84 bits per heavy atom. The lowest BCUT2D eigenvalue weighted by Crippen LogP contribution is -2.03. The minimum atomic E-state index is 0.671. The zero-order valence-corrected chi connectivity index (χ0v) is 12.6. The first-order chi connectivity index (χ1) is 9.10. The van der Waals surface area contributed by atoms with Crippen molar-refractivity contribution < 1.29 is 0 Å². The smallest absolute Gasteiger partial charge is 0.104 e. The normalized spacial score (nSPS) is 10.7. The van der Waals surface area contributed by atoms with E-state index in [0.29, 0.717) is 6.54 Å². The Balaban J connectivity index is 2.20. The molecule has 0 aliphatic heterocycles. The van der Waals surface area contributed by atoms with Gasteiger partial charge < -0.3 is 5.73 Å². The Morgan fingerprint density at radius 1 is 1.05 bits per heavy atom. The molecule has 2 aromatic rings.